The SMILES string of the molecule is CS(=O)(=O)c1cc(Br)ccc1-c1cccc(Cl)c1. The molecule has 0 fully saturated rings. The lowest BCUT2D eigenvalue weighted by atomic mass is 10.1. The van der Waals surface area contributed by atoms with Crippen LogP contribution in [0.5, 0.6) is 0 Å². The van der Waals surface area contributed by atoms with E-state index >= 15 is 0 Å². The van der Waals surface area contributed by atoms with Gasteiger partial charge in [-0.15, -0.1) is 0 Å². The predicted molar refractivity (Wildman–Crippen MR) is 77.7 cm³/mol. The van der Waals surface area contributed by atoms with E-state index < -0.39 is 9.84 Å². The lowest BCUT2D eigenvalue weighted by molar-refractivity contribution is 0.602. The van der Waals surface area contributed by atoms with Gasteiger partial charge in [0, 0.05) is 21.3 Å². The maximum atomic E-state index is 11.8. The molecular formula is C13H10BrClO2S. The Hall–Kier alpha value is -0.840. The van der Waals surface area contributed by atoms with Gasteiger partial charge in [-0.3, -0.25) is 0 Å². The van der Waals surface area contributed by atoms with Gasteiger partial charge in [-0.2, -0.15) is 0 Å². The zero-order valence-electron chi connectivity index (χ0n) is 9.52. The van der Waals surface area contributed by atoms with Crippen molar-refractivity contribution in [3.8, 4) is 11.1 Å². The Labute approximate surface area is 120 Å². The molecule has 0 unspecified atom stereocenters. The van der Waals surface area contributed by atoms with Crippen LogP contribution in [0.15, 0.2) is 51.8 Å². The van der Waals surface area contributed by atoms with E-state index in [2.05, 4.69) is 15.9 Å². The van der Waals surface area contributed by atoms with Crippen molar-refractivity contribution in [2.45, 2.75) is 4.90 Å². The zero-order chi connectivity index (χ0) is 13.3. The number of rotatable bonds is 2. The molecule has 0 saturated heterocycles. The van der Waals surface area contributed by atoms with Crippen molar-refractivity contribution in [1.82, 2.24) is 0 Å². The molecule has 94 valence electrons. The predicted octanol–water partition coefficient (Wildman–Crippen LogP) is 4.17. The number of halogens is 2. The highest BCUT2D eigenvalue weighted by Crippen LogP contribution is 2.31. The summed E-state index contributed by atoms with van der Waals surface area (Å²) in [6.07, 6.45) is 1.20. The molecule has 0 aromatic heterocycles. The van der Waals surface area contributed by atoms with Crippen LogP contribution in [0.4, 0.5) is 0 Å². The van der Waals surface area contributed by atoms with Crippen molar-refractivity contribution in [2.24, 2.45) is 0 Å². The highest BCUT2D eigenvalue weighted by Gasteiger charge is 2.15. The molecule has 0 heterocycles. The second-order valence-electron chi connectivity index (χ2n) is 3.92. The Balaban J connectivity index is 2.72. The van der Waals surface area contributed by atoms with E-state index in [-0.39, 0.29) is 0 Å². The summed E-state index contributed by atoms with van der Waals surface area (Å²) in [5, 5.41) is 0.579. The summed E-state index contributed by atoms with van der Waals surface area (Å²) in [6, 6.07) is 12.3. The molecule has 0 atom stereocenters. The van der Waals surface area contributed by atoms with Crippen molar-refractivity contribution >= 4 is 37.4 Å². The third-order valence-electron chi connectivity index (χ3n) is 2.48. The lowest BCUT2D eigenvalue weighted by Gasteiger charge is -2.09. The number of hydrogen-bond acceptors (Lipinski definition) is 2. The molecule has 0 aliphatic rings. The van der Waals surface area contributed by atoms with Gasteiger partial charge >= 0.3 is 0 Å². The standard InChI is InChI=1S/C13H10BrClO2S/c1-18(16,17)13-8-10(14)5-6-12(13)9-3-2-4-11(15)7-9/h2-8H,1H3. The van der Waals surface area contributed by atoms with Crippen LogP contribution in [-0.2, 0) is 9.84 Å². The summed E-state index contributed by atoms with van der Waals surface area (Å²) in [5.74, 6) is 0. The first-order valence-corrected chi connectivity index (χ1v) is 8.20. The smallest absolute Gasteiger partial charge is 0.176 e. The minimum atomic E-state index is -3.29. The van der Waals surface area contributed by atoms with Gasteiger partial charge < -0.3 is 0 Å². The fourth-order valence-electron chi connectivity index (χ4n) is 1.70. The van der Waals surface area contributed by atoms with Gasteiger partial charge in [0.05, 0.1) is 4.90 Å². The second-order valence-corrected chi connectivity index (χ2v) is 7.26. The quantitative estimate of drug-likeness (QED) is 0.818. The van der Waals surface area contributed by atoms with Gasteiger partial charge in [-0.25, -0.2) is 8.42 Å². The molecule has 0 aliphatic heterocycles. The van der Waals surface area contributed by atoms with Crippen LogP contribution in [-0.4, -0.2) is 14.7 Å². The third kappa shape index (κ3) is 2.94. The van der Waals surface area contributed by atoms with Crippen LogP contribution >= 0.6 is 27.5 Å². The third-order valence-corrected chi connectivity index (χ3v) is 4.34. The average Bonchev–Trinajstić information content (AvgIpc) is 2.27. The van der Waals surface area contributed by atoms with Crippen molar-refractivity contribution in [3.63, 3.8) is 0 Å². The first kappa shape index (κ1) is 13.6. The normalized spacial score (nSPS) is 11.5. The fraction of sp³-hybridized carbons (Fsp3) is 0.0769. The summed E-state index contributed by atoms with van der Waals surface area (Å²) in [4.78, 5) is 0.291. The largest absolute Gasteiger partial charge is 0.224 e. The minimum absolute atomic E-state index is 0.291. The number of hydrogen-bond donors (Lipinski definition) is 0. The van der Waals surface area contributed by atoms with E-state index in [9.17, 15) is 8.42 Å². The first-order valence-electron chi connectivity index (χ1n) is 5.13. The van der Waals surface area contributed by atoms with E-state index in [4.69, 9.17) is 11.6 Å². The van der Waals surface area contributed by atoms with Crippen LogP contribution in [0.1, 0.15) is 0 Å². The number of benzene rings is 2. The van der Waals surface area contributed by atoms with Crippen LogP contribution in [0.25, 0.3) is 11.1 Å². The molecule has 0 bridgehead atoms. The van der Waals surface area contributed by atoms with Crippen molar-refractivity contribution in [1.29, 1.82) is 0 Å². The fourth-order valence-corrected chi connectivity index (χ4v) is 3.33. The van der Waals surface area contributed by atoms with Gasteiger partial charge in [0.2, 0.25) is 0 Å². The van der Waals surface area contributed by atoms with Gasteiger partial charge in [0.1, 0.15) is 0 Å². The van der Waals surface area contributed by atoms with Crippen molar-refractivity contribution < 1.29 is 8.42 Å². The molecule has 0 N–H and O–H groups in total. The Bertz CT molecular complexity index is 696. The second kappa shape index (κ2) is 5.03. The first-order chi connectivity index (χ1) is 8.38. The highest BCUT2D eigenvalue weighted by molar-refractivity contribution is 9.10. The molecule has 0 saturated carbocycles. The topological polar surface area (TPSA) is 34.1 Å². The molecule has 2 aromatic rings. The molecule has 0 aliphatic carbocycles. The van der Waals surface area contributed by atoms with E-state index in [1.807, 2.05) is 12.1 Å². The van der Waals surface area contributed by atoms with Gasteiger partial charge in [-0.05, 0) is 29.8 Å². The molecule has 2 rings (SSSR count). The van der Waals surface area contributed by atoms with Gasteiger partial charge in [0.25, 0.3) is 0 Å². The summed E-state index contributed by atoms with van der Waals surface area (Å²) in [6.45, 7) is 0. The highest BCUT2D eigenvalue weighted by atomic mass is 79.9. The molecule has 0 amide bonds. The maximum absolute atomic E-state index is 11.8. The molecule has 18 heavy (non-hydrogen) atoms. The Morgan fingerprint density at radius 3 is 2.44 bits per heavy atom. The Morgan fingerprint density at radius 1 is 1.11 bits per heavy atom. The Kier molecular flexibility index (Phi) is 3.80. The molecule has 0 spiro atoms. The van der Waals surface area contributed by atoms with E-state index in [1.54, 1.807) is 30.3 Å². The van der Waals surface area contributed by atoms with E-state index in [0.29, 0.717) is 15.5 Å². The summed E-state index contributed by atoms with van der Waals surface area (Å²) < 4.78 is 24.4. The van der Waals surface area contributed by atoms with Crippen LogP contribution in [0.2, 0.25) is 5.02 Å². The van der Waals surface area contributed by atoms with Crippen LogP contribution in [0, 0.1) is 0 Å². The van der Waals surface area contributed by atoms with Gasteiger partial charge in [0.15, 0.2) is 9.84 Å². The lowest BCUT2D eigenvalue weighted by Crippen LogP contribution is -2.00. The summed E-state index contributed by atoms with van der Waals surface area (Å²) in [5.41, 5.74) is 1.44. The summed E-state index contributed by atoms with van der Waals surface area (Å²) in [7, 11) is -3.29. The van der Waals surface area contributed by atoms with Crippen LogP contribution < -0.4 is 0 Å². The number of sulfone groups is 1. The summed E-state index contributed by atoms with van der Waals surface area (Å²) >= 11 is 9.22. The Morgan fingerprint density at radius 2 is 1.83 bits per heavy atom. The molecule has 5 heteroatoms. The molecular weight excluding hydrogens is 336 g/mol. The molecule has 2 nitrogen and oxygen atoms in total. The van der Waals surface area contributed by atoms with E-state index in [0.717, 1.165) is 10.0 Å². The van der Waals surface area contributed by atoms with Crippen molar-refractivity contribution in [3.05, 3.63) is 52.0 Å². The molecule has 2 aromatic carbocycles. The monoisotopic (exact) mass is 344 g/mol. The van der Waals surface area contributed by atoms with Crippen LogP contribution in [0.3, 0.4) is 0 Å². The maximum Gasteiger partial charge on any atom is 0.176 e. The van der Waals surface area contributed by atoms with Crippen molar-refractivity contribution in [2.75, 3.05) is 6.26 Å². The van der Waals surface area contributed by atoms with Gasteiger partial charge in [-0.1, -0.05) is 45.7 Å². The average molecular weight is 346 g/mol. The molecule has 0 radical (unpaired) electrons. The van der Waals surface area contributed by atoms with E-state index in [1.165, 1.54) is 6.26 Å². The minimum Gasteiger partial charge on any atom is -0.224 e. The zero-order valence-corrected chi connectivity index (χ0v) is 12.7.